The predicted octanol–water partition coefficient (Wildman–Crippen LogP) is 0.427. The van der Waals surface area contributed by atoms with Gasteiger partial charge in [0.05, 0.1) is 19.1 Å². The number of ether oxygens (including phenoxy) is 1. The van der Waals surface area contributed by atoms with Gasteiger partial charge in [-0.3, -0.25) is 4.79 Å². The number of carbonyl (C=O) groups excluding carboxylic acids is 1. The van der Waals surface area contributed by atoms with Crippen LogP contribution in [0.5, 0.6) is 0 Å². The van der Waals surface area contributed by atoms with Crippen molar-refractivity contribution in [1.29, 1.82) is 5.26 Å². The summed E-state index contributed by atoms with van der Waals surface area (Å²) >= 11 is 0. The lowest BCUT2D eigenvalue weighted by Crippen LogP contribution is -2.48. The van der Waals surface area contributed by atoms with Crippen LogP contribution in [0.25, 0.3) is 0 Å². The highest BCUT2D eigenvalue weighted by Gasteiger charge is 2.56. The Kier molecular flexibility index (Phi) is 2.00. The van der Waals surface area contributed by atoms with Gasteiger partial charge in [0.1, 0.15) is 5.54 Å². The molecule has 0 unspecified atom stereocenters. The van der Waals surface area contributed by atoms with Gasteiger partial charge in [-0.05, 0) is 25.2 Å². The number of methoxy groups -OCH3 is 1. The number of hydrogen-bond acceptors (Lipinski definition) is 4. The molecule has 0 radical (unpaired) electrons. The molecule has 4 atom stereocenters. The summed E-state index contributed by atoms with van der Waals surface area (Å²) in [5.74, 6) is 0.0874. The lowest BCUT2D eigenvalue weighted by molar-refractivity contribution is -0.147. The van der Waals surface area contributed by atoms with E-state index in [1.54, 1.807) is 0 Å². The number of hydrogen-bond donors (Lipinski definition) is 1. The van der Waals surface area contributed by atoms with Gasteiger partial charge in [-0.15, -0.1) is 0 Å². The summed E-state index contributed by atoms with van der Waals surface area (Å²) < 4.78 is 4.72. The van der Waals surface area contributed by atoms with Crippen molar-refractivity contribution >= 4 is 5.97 Å². The van der Waals surface area contributed by atoms with Crippen LogP contribution in [-0.2, 0) is 9.53 Å². The summed E-state index contributed by atoms with van der Waals surface area (Å²) in [5, 5.41) is 8.99. The third-order valence-corrected chi connectivity index (χ3v) is 3.66. The van der Waals surface area contributed by atoms with E-state index in [1.165, 1.54) is 7.11 Å². The number of esters is 1. The summed E-state index contributed by atoms with van der Waals surface area (Å²) in [4.78, 5) is 11.4. The minimum absolute atomic E-state index is 0.00458. The Hall–Kier alpha value is -1.08. The van der Waals surface area contributed by atoms with Crippen molar-refractivity contribution in [2.75, 3.05) is 7.11 Å². The first-order valence-corrected chi connectivity index (χ1v) is 4.88. The molecule has 2 fully saturated rings. The van der Waals surface area contributed by atoms with E-state index in [4.69, 9.17) is 15.7 Å². The van der Waals surface area contributed by atoms with Gasteiger partial charge in [-0.1, -0.05) is 0 Å². The molecule has 2 rings (SSSR count). The van der Waals surface area contributed by atoms with Crippen LogP contribution in [0.2, 0.25) is 0 Å². The zero-order chi connectivity index (χ0) is 10.3. The van der Waals surface area contributed by atoms with E-state index in [0.717, 1.165) is 19.3 Å². The summed E-state index contributed by atoms with van der Waals surface area (Å²) in [6.07, 6.45) is 2.49. The molecule has 0 aromatic rings. The molecule has 4 nitrogen and oxygen atoms in total. The molecule has 0 saturated heterocycles. The topological polar surface area (TPSA) is 76.1 Å². The molecular weight excluding hydrogens is 180 g/mol. The molecule has 2 N–H and O–H groups in total. The Balaban J connectivity index is 2.20. The second kappa shape index (κ2) is 2.96. The lowest BCUT2D eigenvalue weighted by atomic mass is 9.76. The van der Waals surface area contributed by atoms with Gasteiger partial charge in [0, 0.05) is 5.92 Å². The van der Waals surface area contributed by atoms with Gasteiger partial charge in [0.15, 0.2) is 0 Å². The number of fused-ring (bicyclic) bond motifs is 2. The molecule has 14 heavy (non-hydrogen) atoms. The standard InChI is InChI=1S/C10H14N2O2/c1-14-9(13)7-2-6-3-8(7)10(12,4-6)5-11/h6-8H,2-4,12H2,1H3/t6-,7+,8-,10+/m1/s1. The Morgan fingerprint density at radius 1 is 1.64 bits per heavy atom. The highest BCUT2D eigenvalue weighted by molar-refractivity contribution is 5.73. The molecule has 2 aliphatic rings. The van der Waals surface area contributed by atoms with Crippen LogP contribution < -0.4 is 5.73 Å². The van der Waals surface area contributed by atoms with Crippen molar-refractivity contribution in [1.82, 2.24) is 0 Å². The van der Waals surface area contributed by atoms with Gasteiger partial charge < -0.3 is 10.5 Å². The van der Waals surface area contributed by atoms with E-state index in [1.807, 2.05) is 0 Å². The molecule has 0 amide bonds. The molecular formula is C10H14N2O2. The maximum absolute atomic E-state index is 11.4. The maximum atomic E-state index is 11.4. The molecule has 76 valence electrons. The summed E-state index contributed by atoms with van der Waals surface area (Å²) in [6, 6.07) is 2.15. The van der Waals surface area contributed by atoms with E-state index < -0.39 is 5.54 Å². The van der Waals surface area contributed by atoms with E-state index in [0.29, 0.717) is 5.92 Å². The first kappa shape index (κ1) is 9.47. The fourth-order valence-corrected chi connectivity index (χ4v) is 3.05. The Morgan fingerprint density at radius 3 is 2.86 bits per heavy atom. The highest BCUT2D eigenvalue weighted by Crippen LogP contribution is 2.52. The van der Waals surface area contributed by atoms with Gasteiger partial charge >= 0.3 is 5.97 Å². The second-order valence-corrected chi connectivity index (χ2v) is 4.43. The van der Waals surface area contributed by atoms with E-state index in [2.05, 4.69) is 6.07 Å². The van der Waals surface area contributed by atoms with Crippen molar-refractivity contribution in [3.8, 4) is 6.07 Å². The maximum Gasteiger partial charge on any atom is 0.309 e. The average Bonchev–Trinajstić information content (AvgIpc) is 2.73. The number of rotatable bonds is 1. The zero-order valence-electron chi connectivity index (χ0n) is 8.19. The fraction of sp³-hybridized carbons (Fsp3) is 0.800. The number of nitrogens with two attached hydrogens (primary N) is 1. The molecule has 2 aliphatic carbocycles. The summed E-state index contributed by atoms with van der Waals surface area (Å²) in [7, 11) is 1.39. The molecule has 0 aromatic heterocycles. The first-order valence-electron chi connectivity index (χ1n) is 4.88. The molecule has 4 heteroatoms. The van der Waals surface area contributed by atoms with Crippen LogP contribution in [0.1, 0.15) is 19.3 Å². The monoisotopic (exact) mass is 194 g/mol. The normalized spacial score (nSPS) is 44.8. The number of nitriles is 1. The highest BCUT2D eigenvalue weighted by atomic mass is 16.5. The predicted molar refractivity (Wildman–Crippen MR) is 48.9 cm³/mol. The first-order chi connectivity index (χ1) is 6.60. The average molecular weight is 194 g/mol. The number of carbonyl (C=O) groups is 1. The SMILES string of the molecule is COC(=O)[C@H]1C[C@@H]2C[C@H]1[C@@](N)(C#N)C2. The van der Waals surface area contributed by atoms with Crippen molar-refractivity contribution in [2.45, 2.75) is 24.8 Å². The largest absolute Gasteiger partial charge is 0.469 e. The van der Waals surface area contributed by atoms with Crippen LogP contribution in [0.3, 0.4) is 0 Å². The Morgan fingerprint density at radius 2 is 2.36 bits per heavy atom. The molecule has 0 spiro atoms. The van der Waals surface area contributed by atoms with E-state index >= 15 is 0 Å². The molecule has 2 saturated carbocycles. The van der Waals surface area contributed by atoms with Gasteiger partial charge in [-0.2, -0.15) is 5.26 Å². The minimum Gasteiger partial charge on any atom is -0.469 e. The second-order valence-electron chi connectivity index (χ2n) is 4.43. The molecule has 0 aliphatic heterocycles. The summed E-state index contributed by atoms with van der Waals surface area (Å²) in [5.41, 5.74) is 5.17. The number of nitrogens with zero attached hydrogens (tertiary/aromatic N) is 1. The third-order valence-electron chi connectivity index (χ3n) is 3.66. The van der Waals surface area contributed by atoms with Crippen molar-refractivity contribution in [3.05, 3.63) is 0 Å². The van der Waals surface area contributed by atoms with Crippen LogP contribution in [0.4, 0.5) is 0 Å². The van der Waals surface area contributed by atoms with Gasteiger partial charge in [0.25, 0.3) is 0 Å². The Labute approximate surface area is 83.0 Å². The smallest absolute Gasteiger partial charge is 0.309 e. The summed E-state index contributed by atoms with van der Waals surface area (Å²) in [6.45, 7) is 0. The quantitative estimate of drug-likeness (QED) is 0.614. The van der Waals surface area contributed by atoms with Crippen LogP contribution in [0.15, 0.2) is 0 Å². The molecule has 0 heterocycles. The van der Waals surface area contributed by atoms with Crippen LogP contribution in [-0.4, -0.2) is 18.6 Å². The van der Waals surface area contributed by atoms with Crippen molar-refractivity contribution in [2.24, 2.45) is 23.5 Å². The van der Waals surface area contributed by atoms with Crippen molar-refractivity contribution < 1.29 is 9.53 Å². The van der Waals surface area contributed by atoms with Gasteiger partial charge in [0.2, 0.25) is 0 Å². The van der Waals surface area contributed by atoms with Gasteiger partial charge in [-0.25, -0.2) is 0 Å². The third kappa shape index (κ3) is 1.12. The lowest BCUT2D eigenvalue weighted by Gasteiger charge is -2.31. The zero-order valence-corrected chi connectivity index (χ0v) is 8.19. The minimum atomic E-state index is -0.790. The van der Waals surface area contributed by atoms with E-state index in [9.17, 15) is 4.79 Å². The molecule has 2 bridgehead atoms. The van der Waals surface area contributed by atoms with Crippen LogP contribution in [0, 0.1) is 29.1 Å². The molecule has 0 aromatic carbocycles. The fourth-order valence-electron chi connectivity index (χ4n) is 3.05. The van der Waals surface area contributed by atoms with E-state index in [-0.39, 0.29) is 17.8 Å². The van der Waals surface area contributed by atoms with Crippen LogP contribution >= 0.6 is 0 Å². The Bertz CT molecular complexity index is 310. The van der Waals surface area contributed by atoms with Crippen molar-refractivity contribution in [3.63, 3.8) is 0 Å².